The monoisotopic (exact) mass is 314 g/mol. The van der Waals surface area contributed by atoms with E-state index in [2.05, 4.69) is 10.3 Å². The standard InChI is InChI=1S/C17H15FN2OS/c18-10-3-5-14-12(8-10)13-9-11(4-6-15(13)20-14)19-17(21)16-2-1-7-22-16/h1-3,5,7-8,11,20H,4,6,9H2,(H,19,21). The number of benzene rings is 1. The lowest BCUT2D eigenvalue weighted by atomic mass is 9.91. The topological polar surface area (TPSA) is 44.9 Å². The molecule has 4 rings (SSSR count). The molecule has 2 N–H and O–H groups in total. The molecule has 0 spiro atoms. The van der Waals surface area contributed by atoms with Gasteiger partial charge in [0.2, 0.25) is 0 Å². The molecular formula is C17H15FN2OS. The van der Waals surface area contributed by atoms with Gasteiger partial charge < -0.3 is 10.3 Å². The van der Waals surface area contributed by atoms with Crippen molar-refractivity contribution in [1.29, 1.82) is 0 Å². The lowest BCUT2D eigenvalue weighted by molar-refractivity contribution is 0.0938. The normalized spacial score (nSPS) is 17.4. The van der Waals surface area contributed by atoms with E-state index in [1.807, 2.05) is 17.5 Å². The van der Waals surface area contributed by atoms with Crippen LogP contribution in [-0.2, 0) is 12.8 Å². The number of H-pyrrole nitrogens is 1. The van der Waals surface area contributed by atoms with Crippen LogP contribution in [0.25, 0.3) is 10.9 Å². The number of aromatic nitrogens is 1. The summed E-state index contributed by atoms with van der Waals surface area (Å²) in [6.45, 7) is 0. The van der Waals surface area contributed by atoms with E-state index in [-0.39, 0.29) is 17.8 Å². The first kappa shape index (κ1) is 13.5. The van der Waals surface area contributed by atoms with E-state index < -0.39 is 0 Å². The Kier molecular flexibility index (Phi) is 3.22. The minimum atomic E-state index is -0.223. The Hall–Kier alpha value is -2.14. The van der Waals surface area contributed by atoms with Gasteiger partial charge in [-0.3, -0.25) is 4.79 Å². The van der Waals surface area contributed by atoms with Crippen molar-refractivity contribution in [2.24, 2.45) is 0 Å². The predicted octanol–water partition coefficient (Wildman–Crippen LogP) is 3.66. The highest BCUT2D eigenvalue weighted by atomic mass is 32.1. The third-order valence-corrected chi connectivity index (χ3v) is 5.10. The molecule has 1 atom stereocenters. The largest absolute Gasteiger partial charge is 0.358 e. The Balaban J connectivity index is 1.59. The third kappa shape index (κ3) is 2.31. The van der Waals surface area contributed by atoms with Crippen LogP contribution in [0.3, 0.4) is 0 Å². The van der Waals surface area contributed by atoms with Crippen molar-refractivity contribution in [2.75, 3.05) is 0 Å². The van der Waals surface area contributed by atoms with E-state index in [9.17, 15) is 9.18 Å². The molecule has 1 aliphatic rings. The second kappa shape index (κ2) is 5.25. The van der Waals surface area contributed by atoms with Gasteiger partial charge in [-0.1, -0.05) is 6.07 Å². The van der Waals surface area contributed by atoms with Gasteiger partial charge in [0.25, 0.3) is 5.91 Å². The summed E-state index contributed by atoms with van der Waals surface area (Å²) in [4.78, 5) is 16.3. The Morgan fingerprint density at radius 1 is 1.36 bits per heavy atom. The Morgan fingerprint density at radius 3 is 3.09 bits per heavy atom. The molecule has 2 aromatic heterocycles. The predicted molar refractivity (Wildman–Crippen MR) is 85.9 cm³/mol. The number of amides is 1. The molecule has 0 saturated carbocycles. The number of carbonyl (C=O) groups is 1. The lowest BCUT2D eigenvalue weighted by Crippen LogP contribution is -2.38. The van der Waals surface area contributed by atoms with Crippen molar-refractivity contribution in [3.63, 3.8) is 0 Å². The van der Waals surface area contributed by atoms with Gasteiger partial charge in [-0.05, 0) is 54.5 Å². The molecule has 22 heavy (non-hydrogen) atoms. The number of carbonyl (C=O) groups excluding carboxylic acids is 1. The summed E-state index contributed by atoms with van der Waals surface area (Å²) in [6, 6.07) is 8.64. The van der Waals surface area contributed by atoms with Crippen molar-refractivity contribution in [2.45, 2.75) is 25.3 Å². The van der Waals surface area contributed by atoms with Crippen LogP contribution in [0.1, 0.15) is 27.3 Å². The van der Waals surface area contributed by atoms with E-state index in [1.165, 1.54) is 23.1 Å². The molecule has 0 bridgehead atoms. The van der Waals surface area contributed by atoms with Crippen molar-refractivity contribution in [3.05, 3.63) is 57.7 Å². The molecule has 1 amide bonds. The fourth-order valence-electron chi connectivity index (χ4n) is 3.18. The van der Waals surface area contributed by atoms with E-state index in [1.54, 1.807) is 12.1 Å². The van der Waals surface area contributed by atoms with Gasteiger partial charge in [0.05, 0.1) is 4.88 Å². The maximum absolute atomic E-state index is 13.5. The summed E-state index contributed by atoms with van der Waals surface area (Å²) < 4.78 is 13.5. The third-order valence-electron chi connectivity index (χ3n) is 4.23. The van der Waals surface area contributed by atoms with Gasteiger partial charge in [-0.2, -0.15) is 0 Å². The lowest BCUT2D eigenvalue weighted by Gasteiger charge is -2.23. The Morgan fingerprint density at radius 2 is 2.27 bits per heavy atom. The summed E-state index contributed by atoms with van der Waals surface area (Å²) in [6.07, 6.45) is 2.52. The number of fused-ring (bicyclic) bond motifs is 3. The summed E-state index contributed by atoms with van der Waals surface area (Å²) >= 11 is 1.44. The van der Waals surface area contributed by atoms with Crippen LogP contribution in [0.4, 0.5) is 4.39 Å². The number of hydrogen-bond donors (Lipinski definition) is 2. The van der Waals surface area contributed by atoms with E-state index in [0.717, 1.165) is 40.6 Å². The number of aromatic amines is 1. The number of aryl methyl sites for hydroxylation is 1. The van der Waals surface area contributed by atoms with Crippen molar-refractivity contribution < 1.29 is 9.18 Å². The van der Waals surface area contributed by atoms with Gasteiger partial charge in [0.15, 0.2) is 0 Å². The van der Waals surface area contributed by atoms with Crippen LogP contribution < -0.4 is 5.32 Å². The van der Waals surface area contributed by atoms with E-state index in [0.29, 0.717) is 0 Å². The quantitative estimate of drug-likeness (QED) is 0.745. The zero-order chi connectivity index (χ0) is 15.1. The first-order valence-corrected chi connectivity index (χ1v) is 8.22. The van der Waals surface area contributed by atoms with E-state index >= 15 is 0 Å². The summed E-state index contributed by atoms with van der Waals surface area (Å²) in [5.41, 5.74) is 3.27. The second-order valence-electron chi connectivity index (χ2n) is 5.66. The smallest absolute Gasteiger partial charge is 0.261 e. The average Bonchev–Trinajstić information content (AvgIpc) is 3.14. The van der Waals surface area contributed by atoms with Crippen molar-refractivity contribution >= 4 is 28.1 Å². The molecule has 2 heterocycles. The maximum Gasteiger partial charge on any atom is 0.261 e. The molecule has 1 unspecified atom stereocenters. The highest BCUT2D eigenvalue weighted by Crippen LogP contribution is 2.30. The minimum Gasteiger partial charge on any atom is -0.358 e. The number of thiophene rings is 1. The molecular weight excluding hydrogens is 299 g/mol. The van der Waals surface area contributed by atoms with Crippen LogP contribution >= 0.6 is 11.3 Å². The fraction of sp³-hybridized carbons (Fsp3) is 0.235. The van der Waals surface area contributed by atoms with Gasteiger partial charge in [-0.15, -0.1) is 11.3 Å². The van der Waals surface area contributed by atoms with Crippen LogP contribution in [0, 0.1) is 5.82 Å². The number of hydrogen-bond acceptors (Lipinski definition) is 2. The maximum atomic E-state index is 13.5. The van der Waals surface area contributed by atoms with Gasteiger partial charge in [-0.25, -0.2) is 4.39 Å². The van der Waals surface area contributed by atoms with Gasteiger partial charge in [0, 0.05) is 22.6 Å². The first-order chi connectivity index (χ1) is 10.7. The highest BCUT2D eigenvalue weighted by molar-refractivity contribution is 7.12. The van der Waals surface area contributed by atoms with E-state index in [4.69, 9.17) is 0 Å². The molecule has 0 aliphatic heterocycles. The molecule has 0 saturated heterocycles. The molecule has 5 heteroatoms. The number of nitrogens with one attached hydrogen (secondary N) is 2. The molecule has 3 nitrogen and oxygen atoms in total. The Bertz CT molecular complexity index is 838. The molecule has 1 aliphatic carbocycles. The number of halogens is 1. The van der Waals surface area contributed by atoms with Crippen LogP contribution in [0.5, 0.6) is 0 Å². The van der Waals surface area contributed by atoms with Gasteiger partial charge >= 0.3 is 0 Å². The van der Waals surface area contributed by atoms with Crippen LogP contribution in [0.2, 0.25) is 0 Å². The van der Waals surface area contributed by atoms with Gasteiger partial charge in [0.1, 0.15) is 5.82 Å². The van der Waals surface area contributed by atoms with Crippen molar-refractivity contribution in [1.82, 2.24) is 10.3 Å². The minimum absolute atomic E-state index is 0.0190. The summed E-state index contributed by atoms with van der Waals surface area (Å²) in [5.74, 6) is -0.242. The van der Waals surface area contributed by atoms with Crippen molar-refractivity contribution in [3.8, 4) is 0 Å². The molecule has 0 fully saturated rings. The SMILES string of the molecule is O=C(NC1CCc2[nH]c3ccc(F)cc3c2C1)c1cccs1. The zero-order valence-corrected chi connectivity index (χ0v) is 12.7. The average molecular weight is 314 g/mol. The molecule has 112 valence electrons. The summed E-state index contributed by atoms with van der Waals surface area (Å²) in [7, 11) is 0. The molecule has 3 aromatic rings. The molecule has 0 radical (unpaired) electrons. The highest BCUT2D eigenvalue weighted by Gasteiger charge is 2.24. The zero-order valence-electron chi connectivity index (χ0n) is 11.9. The first-order valence-electron chi connectivity index (χ1n) is 7.34. The fourth-order valence-corrected chi connectivity index (χ4v) is 3.80. The summed E-state index contributed by atoms with van der Waals surface area (Å²) in [5, 5.41) is 5.93. The van der Waals surface area contributed by atoms with Crippen LogP contribution in [-0.4, -0.2) is 16.9 Å². The Labute approximate surface area is 131 Å². The number of rotatable bonds is 2. The van der Waals surface area contributed by atoms with Crippen LogP contribution in [0.15, 0.2) is 35.7 Å². The second-order valence-corrected chi connectivity index (χ2v) is 6.61. The molecule has 1 aromatic carbocycles.